The van der Waals surface area contributed by atoms with E-state index >= 15 is 0 Å². The number of nitrogens with zero attached hydrogens (tertiary/aromatic N) is 2. The van der Waals surface area contributed by atoms with Crippen molar-refractivity contribution in [3.63, 3.8) is 0 Å². The molecule has 1 aromatic heterocycles. The lowest BCUT2D eigenvalue weighted by Gasteiger charge is -2.02. The Hall–Kier alpha value is -1.84. The van der Waals surface area contributed by atoms with Crippen LogP contribution in [0.25, 0.3) is 0 Å². The summed E-state index contributed by atoms with van der Waals surface area (Å²) in [5.74, 6) is -0.519. The van der Waals surface area contributed by atoms with E-state index in [-0.39, 0.29) is 10.5 Å². The van der Waals surface area contributed by atoms with Gasteiger partial charge in [-0.05, 0) is 24.6 Å². The van der Waals surface area contributed by atoms with Crippen molar-refractivity contribution in [3.8, 4) is 0 Å². The zero-order valence-corrected chi connectivity index (χ0v) is 12.0. The molecule has 0 saturated carbocycles. The Balaban J connectivity index is 2.21. The van der Waals surface area contributed by atoms with Crippen molar-refractivity contribution < 1.29 is 17.8 Å². The fraction of sp³-hybridized carbons (Fsp3) is 0.182. The molecule has 0 aliphatic heterocycles. The summed E-state index contributed by atoms with van der Waals surface area (Å²) in [7, 11) is -4.34. The van der Waals surface area contributed by atoms with Gasteiger partial charge in [0.05, 0.1) is 4.90 Å². The van der Waals surface area contributed by atoms with Crippen molar-refractivity contribution >= 4 is 32.5 Å². The Bertz CT molecular complexity index is 740. The van der Waals surface area contributed by atoms with E-state index in [1.165, 1.54) is 29.5 Å². The molecule has 0 bridgehead atoms. The van der Waals surface area contributed by atoms with Gasteiger partial charge >= 0.3 is 0 Å². The molecule has 9 heteroatoms. The molecule has 1 aromatic carbocycles. The molecule has 1 amide bonds. The van der Waals surface area contributed by atoms with Crippen LogP contribution < -0.4 is 5.32 Å². The number of hydrogen-bond acceptors (Lipinski definition) is 6. The van der Waals surface area contributed by atoms with Crippen LogP contribution in [0, 0.1) is 0 Å². The molecule has 0 radical (unpaired) electrons. The molecule has 0 saturated heterocycles. The monoisotopic (exact) mass is 313 g/mol. The van der Waals surface area contributed by atoms with Crippen LogP contribution in [0.5, 0.6) is 0 Å². The number of aromatic nitrogens is 2. The van der Waals surface area contributed by atoms with Crippen molar-refractivity contribution in [2.24, 2.45) is 0 Å². The standard InChI is InChI=1S/C11H11N3O4S2/c1-2-9-13-14-11(19-9)12-10(15)7-4-3-5-8(6-7)20(16,17)18/h3-6H,2H2,1H3,(H,12,14,15)(H,16,17,18). The largest absolute Gasteiger partial charge is 0.296 e. The summed E-state index contributed by atoms with van der Waals surface area (Å²) in [5, 5.41) is 11.3. The van der Waals surface area contributed by atoms with Gasteiger partial charge in [-0.25, -0.2) is 0 Å². The van der Waals surface area contributed by atoms with Crippen LogP contribution in [0.4, 0.5) is 5.13 Å². The summed E-state index contributed by atoms with van der Waals surface area (Å²) in [6, 6.07) is 5.10. The zero-order chi connectivity index (χ0) is 14.8. The molecule has 1 heterocycles. The van der Waals surface area contributed by atoms with Crippen LogP contribution in [-0.4, -0.2) is 29.1 Å². The average Bonchev–Trinajstić information content (AvgIpc) is 2.85. The molecule has 0 spiro atoms. The van der Waals surface area contributed by atoms with E-state index in [0.29, 0.717) is 11.6 Å². The molecule has 7 nitrogen and oxygen atoms in total. The lowest BCUT2D eigenvalue weighted by molar-refractivity contribution is 0.102. The maximum Gasteiger partial charge on any atom is 0.294 e. The van der Waals surface area contributed by atoms with Crippen molar-refractivity contribution in [2.45, 2.75) is 18.2 Å². The number of benzene rings is 1. The summed E-state index contributed by atoms with van der Waals surface area (Å²) >= 11 is 1.24. The summed E-state index contributed by atoms with van der Waals surface area (Å²) in [4.78, 5) is 11.6. The SMILES string of the molecule is CCc1nnc(NC(=O)c2cccc(S(=O)(=O)O)c2)s1. The van der Waals surface area contributed by atoms with E-state index in [2.05, 4.69) is 15.5 Å². The average molecular weight is 313 g/mol. The van der Waals surface area contributed by atoms with Crippen molar-refractivity contribution in [3.05, 3.63) is 34.8 Å². The van der Waals surface area contributed by atoms with Crippen LogP contribution in [0.15, 0.2) is 29.2 Å². The van der Waals surface area contributed by atoms with Gasteiger partial charge in [-0.15, -0.1) is 10.2 Å². The van der Waals surface area contributed by atoms with Crippen LogP contribution in [0.3, 0.4) is 0 Å². The lowest BCUT2D eigenvalue weighted by atomic mass is 10.2. The Morgan fingerprint density at radius 3 is 2.75 bits per heavy atom. The lowest BCUT2D eigenvalue weighted by Crippen LogP contribution is -2.12. The highest BCUT2D eigenvalue weighted by Crippen LogP contribution is 2.17. The molecule has 0 atom stereocenters. The minimum atomic E-state index is -4.34. The molecule has 2 N–H and O–H groups in total. The Morgan fingerprint density at radius 1 is 1.40 bits per heavy atom. The number of aryl methyl sites for hydroxylation is 1. The highest BCUT2D eigenvalue weighted by molar-refractivity contribution is 7.85. The highest BCUT2D eigenvalue weighted by atomic mass is 32.2. The van der Waals surface area contributed by atoms with E-state index in [9.17, 15) is 13.2 Å². The number of anilines is 1. The first-order chi connectivity index (χ1) is 9.40. The van der Waals surface area contributed by atoms with Gasteiger partial charge in [-0.3, -0.25) is 14.7 Å². The van der Waals surface area contributed by atoms with Gasteiger partial charge in [0.15, 0.2) is 0 Å². The summed E-state index contributed by atoms with van der Waals surface area (Å²) in [6.07, 6.45) is 0.714. The summed E-state index contributed by atoms with van der Waals surface area (Å²) < 4.78 is 31.0. The first kappa shape index (κ1) is 14.6. The Labute approximate surface area is 119 Å². The van der Waals surface area contributed by atoms with Crippen LogP contribution in [0.2, 0.25) is 0 Å². The normalized spacial score (nSPS) is 11.3. The van der Waals surface area contributed by atoms with Gasteiger partial charge in [-0.1, -0.05) is 24.3 Å². The van der Waals surface area contributed by atoms with Crippen molar-refractivity contribution in [1.29, 1.82) is 0 Å². The van der Waals surface area contributed by atoms with E-state index in [1.807, 2.05) is 6.92 Å². The van der Waals surface area contributed by atoms with E-state index in [1.54, 1.807) is 0 Å². The van der Waals surface area contributed by atoms with E-state index in [4.69, 9.17) is 4.55 Å². The zero-order valence-electron chi connectivity index (χ0n) is 10.4. The molecule has 2 rings (SSSR count). The predicted molar refractivity (Wildman–Crippen MR) is 73.5 cm³/mol. The summed E-state index contributed by atoms with van der Waals surface area (Å²) in [5.41, 5.74) is 0.105. The third-order valence-corrected chi connectivity index (χ3v) is 4.22. The maximum absolute atomic E-state index is 11.9. The predicted octanol–water partition coefficient (Wildman–Crippen LogP) is 1.60. The third kappa shape index (κ3) is 3.38. The Kier molecular flexibility index (Phi) is 4.12. The highest BCUT2D eigenvalue weighted by Gasteiger charge is 2.14. The minimum absolute atomic E-state index is 0.105. The fourth-order valence-corrected chi connectivity index (χ4v) is 2.62. The number of rotatable bonds is 4. The number of hydrogen-bond donors (Lipinski definition) is 2. The molecule has 20 heavy (non-hydrogen) atoms. The van der Waals surface area contributed by atoms with Gasteiger partial charge in [-0.2, -0.15) is 8.42 Å². The fourth-order valence-electron chi connectivity index (χ4n) is 1.41. The van der Waals surface area contributed by atoms with E-state index in [0.717, 1.165) is 11.1 Å². The quantitative estimate of drug-likeness (QED) is 0.830. The van der Waals surface area contributed by atoms with Gasteiger partial charge < -0.3 is 0 Å². The van der Waals surface area contributed by atoms with Crippen LogP contribution in [0.1, 0.15) is 22.3 Å². The van der Waals surface area contributed by atoms with Crippen molar-refractivity contribution in [1.82, 2.24) is 10.2 Å². The number of carbonyl (C=O) groups is 1. The van der Waals surface area contributed by atoms with Gasteiger partial charge in [0.1, 0.15) is 5.01 Å². The van der Waals surface area contributed by atoms with Gasteiger partial charge in [0.2, 0.25) is 5.13 Å². The third-order valence-electron chi connectivity index (χ3n) is 2.38. The first-order valence-electron chi connectivity index (χ1n) is 5.61. The second-order valence-electron chi connectivity index (χ2n) is 3.81. The first-order valence-corrected chi connectivity index (χ1v) is 7.87. The smallest absolute Gasteiger partial charge is 0.294 e. The van der Waals surface area contributed by atoms with Gasteiger partial charge in [0.25, 0.3) is 16.0 Å². The molecule has 2 aromatic rings. The molecule has 0 unspecified atom stereocenters. The van der Waals surface area contributed by atoms with E-state index < -0.39 is 16.0 Å². The molecule has 0 aliphatic rings. The molecule has 0 fully saturated rings. The molecule has 0 aliphatic carbocycles. The Morgan fingerprint density at radius 2 is 2.15 bits per heavy atom. The number of nitrogens with one attached hydrogen (secondary N) is 1. The molecular formula is C11H11N3O4S2. The van der Waals surface area contributed by atoms with Crippen LogP contribution >= 0.6 is 11.3 Å². The molecular weight excluding hydrogens is 302 g/mol. The van der Waals surface area contributed by atoms with Gasteiger partial charge in [0, 0.05) is 5.56 Å². The van der Waals surface area contributed by atoms with Crippen LogP contribution in [-0.2, 0) is 16.5 Å². The minimum Gasteiger partial charge on any atom is -0.296 e. The number of amides is 1. The second kappa shape index (κ2) is 5.65. The summed E-state index contributed by atoms with van der Waals surface area (Å²) in [6.45, 7) is 1.92. The molecule has 106 valence electrons. The topological polar surface area (TPSA) is 109 Å². The van der Waals surface area contributed by atoms with Crippen molar-refractivity contribution in [2.75, 3.05) is 5.32 Å². The second-order valence-corrected chi connectivity index (χ2v) is 6.30. The number of carbonyl (C=O) groups excluding carboxylic acids is 1. The maximum atomic E-state index is 11.9.